The molecule has 2 aromatic rings. The fourth-order valence-electron chi connectivity index (χ4n) is 1.17. The number of nitrogens with zero attached hydrogens (tertiary/aromatic N) is 3. The molecule has 2 rings (SSSR count). The van der Waals surface area contributed by atoms with Crippen LogP contribution >= 0.6 is 0 Å². The van der Waals surface area contributed by atoms with Gasteiger partial charge >= 0.3 is 0 Å². The van der Waals surface area contributed by atoms with E-state index in [0.29, 0.717) is 11.1 Å². The van der Waals surface area contributed by atoms with Gasteiger partial charge in [-0.25, -0.2) is 0 Å². The summed E-state index contributed by atoms with van der Waals surface area (Å²) in [6.07, 6.45) is 3.02. The Kier molecular flexibility index (Phi) is 5.34. The van der Waals surface area contributed by atoms with Crippen molar-refractivity contribution in [2.24, 2.45) is 5.73 Å². The number of rotatable bonds is 2. The number of nitrogens with two attached hydrogens (primary N) is 1. The van der Waals surface area contributed by atoms with Gasteiger partial charge in [0, 0.05) is 24.5 Å². The molecule has 0 aliphatic heterocycles. The number of pyridine rings is 1. The Labute approximate surface area is 114 Å². The summed E-state index contributed by atoms with van der Waals surface area (Å²) < 4.78 is 0. The molecular weight excluding hydrogens is 260 g/mol. The van der Waals surface area contributed by atoms with E-state index in [0.717, 1.165) is 0 Å². The third-order valence-electron chi connectivity index (χ3n) is 2.15. The van der Waals surface area contributed by atoms with Crippen LogP contribution in [0.5, 0.6) is 0 Å². The van der Waals surface area contributed by atoms with E-state index in [1.807, 2.05) is 6.07 Å². The van der Waals surface area contributed by atoms with Crippen LogP contribution in [0.25, 0.3) is 0 Å². The highest BCUT2D eigenvalue weighted by atomic mass is 16.6. The number of nitriles is 1. The molecule has 7 heteroatoms. The number of non-ortho nitro benzene ring substituents is 1. The van der Waals surface area contributed by atoms with Crippen LogP contribution in [0, 0.1) is 21.4 Å². The van der Waals surface area contributed by atoms with Crippen LogP contribution in [-0.4, -0.2) is 15.8 Å². The molecule has 0 aliphatic rings. The van der Waals surface area contributed by atoms with Gasteiger partial charge in [-0.3, -0.25) is 19.9 Å². The van der Waals surface area contributed by atoms with Gasteiger partial charge in [0.05, 0.1) is 22.1 Å². The van der Waals surface area contributed by atoms with Crippen molar-refractivity contribution in [2.45, 2.75) is 0 Å². The second-order valence-corrected chi connectivity index (χ2v) is 3.52. The Balaban J connectivity index is 0.000000204. The number of carbonyl (C=O) groups excluding carboxylic acids is 1. The predicted octanol–water partition coefficient (Wildman–Crippen LogP) is 1.65. The third-order valence-corrected chi connectivity index (χ3v) is 2.15. The largest absolute Gasteiger partial charge is 0.366 e. The molecule has 0 spiro atoms. The van der Waals surface area contributed by atoms with Crippen molar-refractivity contribution in [1.29, 1.82) is 5.26 Å². The number of hydrogen-bond acceptors (Lipinski definition) is 5. The normalized spacial score (nSPS) is 8.75. The summed E-state index contributed by atoms with van der Waals surface area (Å²) >= 11 is 0. The molecule has 7 nitrogen and oxygen atoms in total. The molecule has 100 valence electrons. The summed E-state index contributed by atoms with van der Waals surface area (Å²) in [7, 11) is 0. The lowest BCUT2D eigenvalue weighted by molar-refractivity contribution is -0.384. The van der Waals surface area contributed by atoms with Gasteiger partial charge in [-0.05, 0) is 24.3 Å². The van der Waals surface area contributed by atoms with Crippen LogP contribution in [0.1, 0.15) is 15.9 Å². The Hall–Kier alpha value is -3.27. The smallest absolute Gasteiger partial charge is 0.269 e. The molecule has 2 N–H and O–H groups in total. The van der Waals surface area contributed by atoms with Gasteiger partial charge in [-0.2, -0.15) is 5.26 Å². The Morgan fingerprint density at radius 3 is 2.30 bits per heavy atom. The standard InChI is InChI=1S/C7H4N2O2.C6H6N2O/c8-5-6-1-3-7(4-2-6)9(10)11;7-6(9)5-2-1-3-8-4-5/h1-4H;1-4H,(H2,7,9). The minimum absolute atomic E-state index is 0.00370. The van der Waals surface area contributed by atoms with Gasteiger partial charge in [-0.1, -0.05) is 0 Å². The predicted molar refractivity (Wildman–Crippen MR) is 70.6 cm³/mol. The topological polar surface area (TPSA) is 123 Å². The van der Waals surface area contributed by atoms with E-state index in [2.05, 4.69) is 4.98 Å². The van der Waals surface area contributed by atoms with E-state index < -0.39 is 10.8 Å². The van der Waals surface area contributed by atoms with Crippen molar-refractivity contribution >= 4 is 11.6 Å². The van der Waals surface area contributed by atoms with E-state index in [1.165, 1.54) is 30.5 Å². The first-order chi connectivity index (χ1) is 9.54. The minimum atomic E-state index is -0.499. The molecular formula is C13H10N4O3. The minimum Gasteiger partial charge on any atom is -0.366 e. The Morgan fingerprint density at radius 2 is 1.95 bits per heavy atom. The SMILES string of the molecule is N#Cc1ccc([N+](=O)[O-])cc1.NC(=O)c1cccnc1. The maximum absolute atomic E-state index is 10.4. The number of benzene rings is 1. The summed E-state index contributed by atoms with van der Waals surface area (Å²) in [6, 6.07) is 10.6. The molecule has 0 radical (unpaired) electrons. The number of aromatic nitrogens is 1. The number of carbonyl (C=O) groups is 1. The maximum Gasteiger partial charge on any atom is 0.269 e. The van der Waals surface area contributed by atoms with E-state index in [1.54, 1.807) is 18.3 Å². The molecule has 0 atom stereocenters. The first-order valence-electron chi connectivity index (χ1n) is 5.39. The molecule has 0 aliphatic carbocycles. The highest BCUT2D eigenvalue weighted by Gasteiger charge is 2.02. The maximum atomic E-state index is 10.4. The van der Waals surface area contributed by atoms with Gasteiger partial charge in [0.2, 0.25) is 5.91 Å². The van der Waals surface area contributed by atoms with Gasteiger partial charge in [-0.15, -0.1) is 0 Å². The second-order valence-electron chi connectivity index (χ2n) is 3.52. The van der Waals surface area contributed by atoms with Crippen molar-refractivity contribution in [3.05, 3.63) is 70.0 Å². The highest BCUT2D eigenvalue weighted by molar-refractivity contribution is 5.92. The molecule has 1 amide bonds. The van der Waals surface area contributed by atoms with Gasteiger partial charge < -0.3 is 5.73 Å². The average Bonchev–Trinajstić information content (AvgIpc) is 2.49. The number of hydrogen-bond donors (Lipinski definition) is 1. The van der Waals surface area contributed by atoms with Gasteiger partial charge in [0.25, 0.3) is 5.69 Å². The summed E-state index contributed by atoms with van der Waals surface area (Å²) in [5, 5.41) is 18.5. The average molecular weight is 270 g/mol. The van der Waals surface area contributed by atoms with Crippen LogP contribution in [0.4, 0.5) is 5.69 Å². The lowest BCUT2D eigenvalue weighted by atomic mass is 10.2. The lowest BCUT2D eigenvalue weighted by Crippen LogP contribution is -2.10. The monoisotopic (exact) mass is 270 g/mol. The van der Waals surface area contributed by atoms with Crippen LogP contribution in [0.15, 0.2) is 48.8 Å². The van der Waals surface area contributed by atoms with Crippen LogP contribution < -0.4 is 5.73 Å². The van der Waals surface area contributed by atoms with E-state index in [4.69, 9.17) is 11.0 Å². The molecule has 0 unspecified atom stereocenters. The third kappa shape index (κ3) is 4.54. The van der Waals surface area contributed by atoms with Crippen molar-refractivity contribution in [2.75, 3.05) is 0 Å². The molecule has 0 bridgehead atoms. The number of primary amides is 1. The van der Waals surface area contributed by atoms with Crippen molar-refractivity contribution in [1.82, 2.24) is 4.98 Å². The lowest BCUT2D eigenvalue weighted by Gasteiger charge is -1.88. The Bertz CT molecular complexity index is 633. The summed E-state index contributed by atoms with van der Waals surface area (Å²) in [6.45, 7) is 0. The highest BCUT2D eigenvalue weighted by Crippen LogP contribution is 2.10. The number of amides is 1. The fraction of sp³-hybridized carbons (Fsp3) is 0. The van der Waals surface area contributed by atoms with E-state index in [-0.39, 0.29) is 5.69 Å². The Morgan fingerprint density at radius 1 is 1.30 bits per heavy atom. The van der Waals surface area contributed by atoms with Crippen LogP contribution in [-0.2, 0) is 0 Å². The van der Waals surface area contributed by atoms with Crippen molar-refractivity contribution in [3.63, 3.8) is 0 Å². The summed E-state index contributed by atoms with van der Waals surface area (Å²) in [5.74, 6) is -0.442. The molecule has 1 aromatic carbocycles. The molecule has 1 aromatic heterocycles. The zero-order valence-electron chi connectivity index (χ0n) is 10.3. The number of nitro groups is 1. The fourth-order valence-corrected chi connectivity index (χ4v) is 1.17. The first-order valence-corrected chi connectivity index (χ1v) is 5.39. The summed E-state index contributed by atoms with van der Waals surface area (Å²) in [5.41, 5.74) is 5.81. The zero-order valence-corrected chi connectivity index (χ0v) is 10.3. The molecule has 0 saturated carbocycles. The molecule has 1 heterocycles. The van der Waals surface area contributed by atoms with E-state index >= 15 is 0 Å². The molecule has 0 fully saturated rings. The second kappa shape index (κ2) is 7.23. The van der Waals surface area contributed by atoms with Crippen LogP contribution in [0.3, 0.4) is 0 Å². The number of nitro benzene ring substituents is 1. The molecule has 0 saturated heterocycles. The van der Waals surface area contributed by atoms with Crippen molar-refractivity contribution in [3.8, 4) is 6.07 Å². The van der Waals surface area contributed by atoms with Crippen LogP contribution in [0.2, 0.25) is 0 Å². The quantitative estimate of drug-likeness (QED) is 0.656. The van der Waals surface area contributed by atoms with E-state index in [9.17, 15) is 14.9 Å². The van der Waals surface area contributed by atoms with Crippen molar-refractivity contribution < 1.29 is 9.72 Å². The zero-order chi connectivity index (χ0) is 15.0. The van der Waals surface area contributed by atoms with Gasteiger partial charge in [0.1, 0.15) is 0 Å². The van der Waals surface area contributed by atoms with Gasteiger partial charge in [0.15, 0.2) is 0 Å². The molecule has 20 heavy (non-hydrogen) atoms. The summed E-state index contributed by atoms with van der Waals surface area (Å²) in [4.78, 5) is 23.7. The first kappa shape index (κ1) is 14.8.